The maximum Gasteiger partial charge on any atom is 0.251 e. The molecule has 1 fully saturated rings. The summed E-state index contributed by atoms with van der Waals surface area (Å²) in [5.41, 5.74) is 1.65. The van der Waals surface area contributed by atoms with Gasteiger partial charge in [-0.3, -0.25) is 9.89 Å². The summed E-state index contributed by atoms with van der Waals surface area (Å²) in [5, 5.41) is 14.2. The van der Waals surface area contributed by atoms with E-state index in [4.69, 9.17) is 0 Å². The molecule has 0 bridgehead atoms. The lowest BCUT2D eigenvalue weighted by Crippen LogP contribution is -2.31. The van der Waals surface area contributed by atoms with Gasteiger partial charge in [-0.15, -0.1) is 0 Å². The predicted molar refractivity (Wildman–Crippen MR) is 78.6 cm³/mol. The van der Waals surface area contributed by atoms with Crippen molar-refractivity contribution in [2.24, 2.45) is 5.92 Å². The van der Waals surface area contributed by atoms with Gasteiger partial charge in [0.2, 0.25) is 0 Å². The van der Waals surface area contributed by atoms with E-state index < -0.39 is 0 Å². The van der Waals surface area contributed by atoms with E-state index in [0.717, 1.165) is 42.9 Å². The van der Waals surface area contributed by atoms with Gasteiger partial charge in [-0.2, -0.15) is 5.10 Å². The lowest BCUT2D eigenvalue weighted by atomic mass is 9.95. The molecule has 20 heavy (non-hydrogen) atoms. The van der Waals surface area contributed by atoms with Gasteiger partial charge in [0.25, 0.3) is 5.91 Å². The lowest BCUT2D eigenvalue weighted by molar-refractivity contribution is 0.0950. The van der Waals surface area contributed by atoms with Gasteiger partial charge < -0.3 is 10.6 Å². The summed E-state index contributed by atoms with van der Waals surface area (Å²) in [7, 11) is 0. The Morgan fingerprint density at radius 2 is 2.20 bits per heavy atom. The van der Waals surface area contributed by atoms with E-state index in [-0.39, 0.29) is 5.91 Å². The minimum Gasteiger partial charge on any atom is -0.352 e. The number of carbonyl (C=O) groups is 1. The number of carbonyl (C=O) groups excluding carboxylic acids is 1. The number of H-pyrrole nitrogens is 1. The number of piperidine rings is 1. The second-order valence-corrected chi connectivity index (χ2v) is 5.41. The quantitative estimate of drug-likeness (QED) is 0.793. The van der Waals surface area contributed by atoms with Crippen LogP contribution in [0.1, 0.15) is 29.6 Å². The molecule has 0 spiro atoms. The van der Waals surface area contributed by atoms with Crippen LogP contribution in [0.3, 0.4) is 0 Å². The van der Waals surface area contributed by atoms with Crippen LogP contribution >= 0.6 is 0 Å². The van der Waals surface area contributed by atoms with E-state index in [9.17, 15) is 4.79 Å². The van der Waals surface area contributed by atoms with Crippen LogP contribution in [-0.2, 0) is 0 Å². The summed E-state index contributed by atoms with van der Waals surface area (Å²) in [4.78, 5) is 12.1. The monoisotopic (exact) mass is 272 g/mol. The minimum atomic E-state index is 0.00188. The molecule has 2 heterocycles. The Balaban J connectivity index is 1.53. The van der Waals surface area contributed by atoms with Crippen LogP contribution in [0.25, 0.3) is 10.9 Å². The molecule has 1 saturated heterocycles. The van der Waals surface area contributed by atoms with E-state index in [0.29, 0.717) is 5.56 Å². The third-order valence-electron chi connectivity index (χ3n) is 4.00. The molecule has 5 nitrogen and oxygen atoms in total. The van der Waals surface area contributed by atoms with Crippen molar-refractivity contribution in [3.8, 4) is 0 Å². The molecule has 0 unspecified atom stereocenters. The van der Waals surface area contributed by atoms with Crippen molar-refractivity contribution in [1.82, 2.24) is 20.8 Å². The zero-order valence-electron chi connectivity index (χ0n) is 11.5. The Bertz CT molecular complexity index is 586. The molecule has 3 rings (SSSR count). The fourth-order valence-electron chi connectivity index (χ4n) is 2.75. The number of nitrogens with zero attached hydrogens (tertiary/aromatic N) is 1. The van der Waals surface area contributed by atoms with Crippen LogP contribution in [-0.4, -0.2) is 35.7 Å². The highest BCUT2D eigenvalue weighted by Crippen LogP contribution is 2.15. The molecule has 106 valence electrons. The van der Waals surface area contributed by atoms with Crippen molar-refractivity contribution in [2.75, 3.05) is 19.6 Å². The molecule has 2 aromatic rings. The molecule has 0 aliphatic carbocycles. The zero-order chi connectivity index (χ0) is 13.8. The molecule has 3 N–H and O–H groups in total. The van der Waals surface area contributed by atoms with Crippen LogP contribution in [0.2, 0.25) is 0 Å². The molecule has 0 atom stereocenters. The predicted octanol–water partition coefficient (Wildman–Crippen LogP) is 1.68. The van der Waals surface area contributed by atoms with Crippen LogP contribution in [0.5, 0.6) is 0 Å². The third-order valence-corrected chi connectivity index (χ3v) is 4.00. The van der Waals surface area contributed by atoms with Gasteiger partial charge in [0.1, 0.15) is 0 Å². The first-order valence-electron chi connectivity index (χ1n) is 7.25. The Labute approximate surface area is 118 Å². The summed E-state index contributed by atoms with van der Waals surface area (Å²) in [6.07, 6.45) is 5.25. The van der Waals surface area contributed by atoms with Gasteiger partial charge in [0, 0.05) is 17.5 Å². The van der Waals surface area contributed by atoms with Gasteiger partial charge in [-0.05, 0) is 56.5 Å². The second kappa shape index (κ2) is 6.05. The summed E-state index contributed by atoms with van der Waals surface area (Å²) < 4.78 is 0. The first-order valence-corrected chi connectivity index (χ1v) is 7.25. The molecule has 0 radical (unpaired) electrons. The number of hydrogen-bond acceptors (Lipinski definition) is 3. The van der Waals surface area contributed by atoms with Gasteiger partial charge in [0.15, 0.2) is 0 Å². The summed E-state index contributed by atoms with van der Waals surface area (Å²) in [6, 6.07) is 5.60. The summed E-state index contributed by atoms with van der Waals surface area (Å²) in [5.74, 6) is 0.745. The zero-order valence-corrected chi connectivity index (χ0v) is 11.5. The molecule has 1 aromatic carbocycles. The normalized spacial score (nSPS) is 16.4. The van der Waals surface area contributed by atoms with Gasteiger partial charge >= 0.3 is 0 Å². The second-order valence-electron chi connectivity index (χ2n) is 5.41. The van der Waals surface area contributed by atoms with Crippen molar-refractivity contribution in [3.63, 3.8) is 0 Å². The molecule has 0 saturated carbocycles. The van der Waals surface area contributed by atoms with E-state index in [1.807, 2.05) is 18.2 Å². The van der Waals surface area contributed by atoms with E-state index in [1.165, 1.54) is 12.8 Å². The fourth-order valence-corrected chi connectivity index (χ4v) is 2.75. The number of benzene rings is 1. The van der Waals surface area contributed by atoms with Crippen LogP contribution in [0.4, 0.5) is 0 Å². The maximum atomic E-state index is 12.1. The van der Waals surface area contributed by atoms with Crippen LogP contribution in [0, 0.1) is 5.92 Å². The highest BCUT2D eigenvalue weighted by molar-refractivity contribution is 5.97. The topological polar surface area (TPSA) is 69.8 Å². The molecular weight excluding hydrogens is 252 g/mol. The van der Waals surface area contributed by atoms with Gasteiger partial charge in [0.05, 0.1) is 11.7 Å². The number of nitrogens with one attached hydrogen (secondary N) is 3. The molecule has 1 aromatic heterocycles. The van der Waals surface area contributed by atoms with Crippen molar-refractivity contribution < 1.29 is 4.79 Å². The van der Waals surface area contributed by atoms with Crippen LogP contribution in [0.15, 0.2) is 24.4 Å². The first-order chi connectivity index (χ1) is 9.83. The fraction of sp³-hybridized carbons (Fsp3) is 0.467. The SMILES string of the molecule is O=C(NCCC1CCNCC1)c1ccc2[nH]ncc2c1. The van der Waals surface area contributed by atoms with Crippen molar-refractivity contribution in [2.45, 2.75) is 19.3 Å². The largest absolute Gasteiger partial charge is 0.352 e. The van der Waals surface area contributed by atoms with Gasteiger partial charge in [-0.1, -0.05) is 0 Å². The van der Waals surface area contributed by atoms with E-state index in [1.54, 1.807) is 6.20 Å². The maximum absolute atomic E-state index is 12.1. The van der Waals surface area contributed by atoms with E-state index >= 15 is 0 Å². The Kier molecular flexibility index (Phi) is 3.97. The smallest absolute Gasteiger partial charge is 0.251 e. The lowest BCUT2D eigenvalue weighted by Gasteiger charge is -2.22. The van der Waals surface area contributed by atoms with E-state index in [2.05, 4.69) is 20.8 Å². The number of rotatable bonds is 4. The van der Waals surface area contributed by atoms with Crippen LogP contribution < -0.4 is 10.6 Å². The average molecular weight is 272 g/mol. The molecule has 1 aliphatic heterocycles. The number of hydrogen-bond donors (Lipinski definition) is 3. The first kappa shape index (κ1) is 13.1. The number of fused-ring (bicyclic) bond motifs is 1. The Morgan fingerprint density at radius 1 is 1.35 bits per heavy atom. The number of amides is 1. The Hall–Kier alpha value is -1.88. The molecule has 1 aliphatic rings. The summed E-state index contributed by atoms with van der Waals surface area (Å²) in [6.45, 7) is 2.97. The number of aromatic nitrogens is 2. The van der Waals surface area contributed by atoms with Crippen molar-refractivity contribution in [1.29, 1.82) is 0 Å². The standard InChI is InChI=1S/C15H20N4O/c20-15(17-8-5-11-3-6-16-7-4-11)12-1-2-14-13(9-12)10-18-19-14/h1-2,9-11,16H,3-8H2,(H,17,20)(H,18,19). The number of aromatic amines is 1. The Morgan fingerprint density at radius 3 is 3.05 bits per heavy atom. The third kappa shape index (κ3) is 2.99. The van der Waals surface area contributed by atoms with Gasteiger partial charge in [-0.25, -0.2) is 0 Å². The summed E-state index contributed by atoms with van der Waals surface area (Å²) >= 11 is 0. The molecule has 1 amide bonds. The van der Waals surface area contributed by atoms with Crippen molar-refractivity contribution >= 4 is 16.8 Å². The highest BCUT2D eigenvalue weighted by Gasteiger charge is 2.13. The van der Waals surface area contributed by atoms with Crippen molar-refractivity contribution in [3.05, 3.63) is 30.0 Å². The average Bonchev–Trinajstić information content (AvgIpc) is 2.95. The highest BCUT2D eigenvalue weighted by atomic mass is 16.1. The molecular formula is C15H20N4O. The molecule has 5 heteroatoms. The minimum absolute atomic E-state index is 0.00188.